The van der Waals surface area contributed by atoms with Gasteiger partial charge in [-0.2, -0.15) is 0 Å². The van der Waals surface area contributed by atoms with Gasteiger partial charge in [0.1, 0.15) is 11.0 Å². The normalized spacial score (nSPS) is 19.1. The second kappa shape index (κ2) is 4.53. The Kier molecular flexibility index (Phi) is 2.88. The molecule has 0 spiro atoms. The van der Waals surface area contributed by atoms with Crippen LogP contribution >= 0.6 is 11.8 Å². The van der Waals surface area contributed by atoms with Crippen LogP contribution in [-0.2, 0) is 9.53 Å². The molecule has 1 heterocycles. The minimum absolute atomic E-state index is 0.127. The van der Waals surface area contributed by atoms with Crippen LogP contribution in [0.15, 0.2) is 41.3 Å². The molecule has 1 aliphatic rings. The van der Waals surface area contributed by atoms with Gasteiger partial charge in [0.05, 0.1) is 6.61 Å². The van der Waals surface area contributed by atoms with Gasteiger partial charge in [0.25, 0.3) is 0 Å². The molecular weight excluding hydrogens is 248 g/mol. The molecule has 2 aromatic rings. The molecule has 1 N–H and O–H groups in total. The van der Waals surface area contributed by atoms with Crippen molar-refractivity contribution in [3.05, 3.63) is 36.4 Å². The minimum atomic E-state index is -0.142. The molecule has 1 atom stereocenters. The number of carbonyl (C=O) groups excluding carboxylic acids is 1. The molecule has 18 heavy (non-hydrogen) atoms. The van der Waals surface area contributed by atoms with Gasteiger partial charge in [0, 0.05) is 16.7 Å². The lowest BCUT2D eigenvalue weighted by Crippen LogP contribution is -2.09. The van der Waals surface area contributed by atoms with E-state index >= 15 is 0 Å². The van der Waals surface area contributed by atoms with Crippen LogP contribution in [0.2, 0.25) is 0 Å². The highest BCUT2D eigenvalue weighted by atomic mass is 32.2. The Bertz CT molecular complexity index is 609. The quantitative estimate of drug-likeness (QED) is 0.843. The predicted octanol–water partition coefficient (Wildman–Crippen LogP) is 2.95. The van der Waals surface area contributed by atoms with Crippen molar-refractivity contribution in [1.29, 1.82) is 0 Å². The van der Waals surface area contributed by atoms with E-state index in [1.807, 2.05) is 30.3 Å². The Morgan fingerprint density at radius 3 is 2.67 bits per heavy atom. The van der Waals surface area contributed by atoms with E-state index in [9.17, 15) is 9.90 Å². The van der Waals surface area contributed by atoms with Gasteiger partial charge in [-0.25, -0.2) is 0 Å². The van der Waals surface area contributed by atoms with Crippen molar-refractivity contribution < 1.29 is 14.6 Å². The number of thioether (sulfide) groups is 1. The predicted molar refractivity (Wildman–Crippen MR) is 70.8 cm³/mol. The Labute approximate surface area is 109 Å². The van der Waals surface area contributed by atoms with Crippen molar-refractivity contribution in [3.63, 3.8) is 0 Å². The number of cyclic esters (lactones) is 1. The van der Waals surface area contributed by atoms with Gasteiger partial charge in [-0.05, 0) is 17.5 Å². The van der Waals surface area contributed by atoms with Gasteiger partial charge in [-0.1, -0.05) is 24.3 Å². The van der Waals surface area contributed by atoms with Gasteiger partial charge in [0.2, 0.25) is 0 Å². The third-order valence-electron chi connectivity index (χ3n) is 3.02. The lowest BCUT2D eigenvalue weighted by Gasteiger charge is -2.10. The van der Waals surface area contributed by atoms with Crippen LogP contribution in [0.1, 0.15) is 6.42 Å². The molecular formula is C14H12O3S. The average Bonchev–Trinajstić information content (AvgIpc) is 2.79. The molecule has 1 fully saturated rings. The summed E-state index contributed by atoms with van der Waals surface area (Å²) < 4.78 is 4.96. The molecule has 0 radical (unpaired) electrons. The highest BCUT2D eigenvalue weighted by molar-refractivity contribution is 8.00. The second-order valence-corrected chi connectivity index (χ2v) is 5.44. The van der Waals surface area contributed by atoms with Crippen LogP contribution in [0.4, 0.5) is 0 Å². The van der Waals surface area contributed by atoms with E-state index in [-0.39, 0.29) is 17.0 Å². The van der Waals surface area contributed by atoms with Gasteiger partial charge in [0.15, 0.2) is 0 Å². The maximum Gasteiger partial charge on any atom is 0.319 e. The molecule has 1 saturated heterocycles. The first-order valence-corrected chi connectivity index (χ1v) is 6.67. The topological polar surface area (TPSA) is 46.5 Å². The van der Waals surface area contributed by atoms with Crippen LogP contribution in [0.25, 0.3) is 10.8 Å². The summed E-state index contributed by atoms with van der Waals surface area (Å²) in [5.41, 5.74) is 0. The molecule has 3 nitrogen and oxygen atoms in total. The number of fused-ring (bicyclic) bond motifs is 1. The highest BCUT2D eigenvalue weighted by Crippen LogP contribution is 2.37. The number of rotatable bonds is 2. The van der Waals surface area contributed by atoms with E-state index in [0.29, 0.717) is 6.61 Å². The molecule has 2 aromatic carbocycles. The maximum atomic E-state index is 11.5. The molecule has 92 valence electrons. The standard InChI is InChI=1S/C14H12O3S/c15-11-5-6-12(10-4-2-1-3-9(10)11)18-13-7-8-17-14(13)16/h1-6,13,15H,7-8H2. The van der Waals surface area contributed by atoms with Crippen LogP contribution in [0, 0.1) is 0 Å². The summed E-state index contributed by atoms with van der Waals surface area (Å²) in [6, 6.07) is 11.2. The number of carbonyl (C=O) groups is 1. The molecule has 0 amide bonds. The highest BCUT2D eigenvalue weighted by Gasteiger charge is 2.27. The van der Waals surface area contributed by atoms with Crippen LogP contribution in [0.3, 0.4) is 0 Å². The van der Waals surface area contributed by atoms with Gasteiger partial charge < -0.3 is 9.84 Å². The van der Waals surface area contributed by atoms with E-state index < -0.39 is 0 Å². The van der Waals surface area contributed by atoms with Crippen molar-refractivity contribution in [1.82, 2.24) is 0 Å². The number of benzene rings is 2. The lowest BCUT2D eigenvalue weighted by molar-refractivity contribution is -0.137. The Morgan fingerprint density at radius 1 is 1.17 bits per heavy atom. The molecule has 3 rings (SSSR count). The van der Waals surface area contributed by atoms with Gasteiger partial charge >= 0.3 is 5.97 Å². The summed E-state index contributed by atoms with van der Waals surface area (Å²) >= 11 is 1.51. The summed E-state index contributed by atoms with van der Waals surface area (Å²) in [5, 5.41) is 11.5. The molecule has 0 saturated carbocycles. The Morgan fingerprint density at radius 2 is 1.94 bits per heavy atom. The number of hydrogen-bond donors (Lipinski definition) is 1. The first-order valence-electron chi connectivity index (χ1n) is 5.80. The third-order valence-corrected chi connectivity index (χ3v) is 4.34. The van der Waals surface area contributed by atoms with Crippen molar-refractivity contribution >= 4 is 28.5 Å². The molecule has 0 aliphatic carbocycles. The zero-order valence-electron chi connectivity index (χ0n) is 9.63. The zero-order chi connectivity index (χ0) is 12.5. The number of phenols is 1. The second-order valence-electron chi connectivity index (χ2n) is 4.19. The fourth-order valence-corrected chi connectivity index (χ4v) is 3.23. The van der Waals surface area contributed by atoms with E-state index in [2.05, 4.69) is 0 Å². The largest absolute Gasteiger partial charge is 0.507 e. The number of aromatic hydroxyl groups is 1. The maximum absolute atomic E-state index is 11.5. The first kappa shape index (κ1) is 11.4. The number of ether oxygens (including phenoxy) is 1. The smallest absolute Gasteiger partial charge is 0.319 e. The van der Waals surface area contributed by atoms with E-state index in [0.717, 1.165) is 22.1 Å². The zero-order valence-corrected chi connectivity index (χ0v) is 10.4. The summed E-state index contributed by atoms with van der Waals surface area (Å²) in [5.74, 6) is 0.126. The molecule has 1 unspecified atom stereocenters. The summed E-state index contributed by atoms with van der Waals surface area (Å²) in [7, 11) is 0. The molecule has 0 aromatic heterocycles. The van der Waals surface area contributed by atoms with Gasteiger partial charge in [-0.15, -0.1) is 11.8 Å². The SMILES string of the molecule is O=C1OCCC1Sc1ccc(O)c2ccccc12. The minimum Gasteiger partial charge on any atom is -0.507 e. The first-order chi connectivity index (χ1) is 8.75. The fourth-order valence-electron chi connectivity index (χ4n) is 2.10. The fraction of sp³-hybridized carbons (Fsp3) is 0.214. The summed E-state index contributed by atoms with van der Waals surface area (Å²) in [6.45, 7) is 0.506. The lowest BCUT2D eigenvalue weighted by atomic mass is 10.1. The van der Waals surface area contributed by atoms with Crippen LogP contribution in [-0.4, -0.2) is 22.9 Å². The van der Waals surface area contributed by atoms with Crippen molar-refractivity contribution in [2.75, 3.05) is 6.61 Å². The van der Waals surface area contributed by atoms with Gasteiger partial charge in [-0.3, -0.25) is 4.79 Å². The molecule has 1 aliphatic heterocycles. The monoisotopic (exact) mass is 260 g/mol. The summed E-state index contributed by atoms with van der Waals surface area (Å²) in [6.07, 6.45) is 0.749. The van der Waals surface area contributed by atoms with Crippen molar-refractivity contribution in [2.24, 2.45) is 0 Å². The number of esters is 1. The van der Waals surface area contributed by atoms with E-state index in [1.54, 1.807) is 6.07 Å². The summed E-state index contributed by atoms with van der Waals surface area (Å²) in [4.78, 5) is 12.5. The average molecular weight is 260 g/mol. The Balaban J connectivity index is 2.02. The van der Waals surface area contributed by atoms with Crippen LogP contribution in [0.5, 0.6) is 5.75 Å². The molecule has 0 bridgehead atoms. The number of phenolic OH excluding ortho intramolecular Hbond substituents is 1. The van der Waals surface area contributed by atoms with Crippen molar-refractivity contribution in [2.45, 2.75) is 16.6 Å². The van der Waals surface area contributed by atoms with Crippen molar-refractivity contribution in [3.8, 4) is 5.75 Å². The molecule has 4 heteroatoms. The Hall–Kier alpha value is -1.68. The van der Waals surface area contributed by atoms with Crippen LogP contribution < -0.4 is 0 Å². The number of hydrogen-bond acceptors (Lipinski definition) is 4. The van der Waals surface area contributed by atoms with E-state index in [4.69, 9.17) is 4.74 Å². The van der Waals surface area contributed by atoms with E-state index in [1.165, 1.54) is 11.8 Å². The third kappa shape index (κ3) is 1.93.